The Hall–Kier alpha value is -2.76. The van der Waals surface area contributed by atoms with E-state index in [1.165, 1.54) is 45.1 Å². The fourth-order valence-corrected chi connectivity index (χ4v) is 6.87. The topological polar surface area (TPSA) is 173 Å². The molecule has 0 spiro atoms. The molecule has 0 aromatic carbocycles. The summed E-state index contributed by atoms with van der Waals surface area (Å²) in [5, 5.41) is 24.9. The van der Waals surface area contributed by atoms with Gasteiger partial charge in [-0.25, -0.2) is 14.2 Å². The number of oxime groups is 1. The molecule has 35 heavy (non-hydrogen) atoms. The van der Waals surface area contributed by atoms with Crippen LogP contribution < -0.4 is 11.1 Å². The van der Waals surface area contributed by atoms with Gasteiger partial charge in [-0.15, -0.1) is 33.3 Å². The maximum Gasteiger partial charge on any atom is 0.352 e. The summed E-state index contributed by atoms with van der Waals surface area (Å²) in [6.07, 6.45) is -1.70. The first-order chi connectivity index (χ1) is 16.8. The molecular weight excluding hydrogens is 542 g/mol. The molecule has 4 atom stereocenters. The Morgan fingerprint density at radius 2 is 2.23 bits per heavy atom. The number of nitrogens with two attached hydrogens (primary N) is 1. The molecule has 2 aliphatic heterocycles. The third-order valence-electron chi connectivity index (χ3n) is 5.16. The van der Waals surface area contributed by atoms with E-state index < -0.39 is 41.5 Å². The van der Waals surface area contributed by atoms with E-state index in [2.05, 4.69) is 25.7 Å². The summed E-state index contributed by atoms with van der Waals surface area (Å²) in [5.74, 6) is -1.84. The summed E-state index contributed by atoms with van der Waals surface area (Å²) >= 11 is 5.10. The van der Waals surface area contributed by atoms with E-state index in [1.54, 1.807) is 5.51 Å². The van der Waals surface area contributed by atoms with Crippen molar-refractivity contribution in [2.24, 2.45) is 5.16 Å². The summed E-state index contributed by atoms with van der Waals surface area (Å²) in [5.41, 5.74) is 7.61. The number of β-lactam (4-membered cyclic amide) rings is 1. The van der Waals surface area contributed by atoms with Crippen LogP contribution in [0.3, 0.4) is 0 Å². The third kappa shape index (κ3) is 4.85. The van der Waals surface area contributed by atoms with Crippen LogP contribution in [0.5, 0.6) is 0 Å². The zero-order valence-corrected chi connectivity index (χ0v) is 20.8. The molecule has 184 valence electrons. The van der Waals surface area contributed by atoms with Crippen molar-refractivity contribution >= 4 is 74.8 Å². The van der Waals surface area contributed by atoms with E-state index in [0.29, 0.717) is 21.4 Å². The Morgan fingerprint density at radius 1 is 1.43 bits per heavy atom. The highest BCUT2D eigenvalue weighted by Gasteiger charge is 2.54. The molecule has 2 aromatic heterocycles. The first-order valence-electron chi connectivity index (χ1n) is 10.0. The van der Waals surface area contributed by atoms with E-state index >= 15 is 0 Å². The van der Waals surface area contributed by atoms with Crippen LogP contribution in [-0.2, 0) is 19.2 Å². The van der Waals surface area contributed by atoms with Crippen molar-refractivity contribution in [1.82, 2.24) is 25.4 Å². The molecule has 17 heteroatoms. The Labute approximate surface area is 213 Å². The van der Waals surface area contributed by atoms with E-state index in [4.69, 9.17) is 10.6 Å². The zero-order chi connectivity index (χ0) is 24.7. The van der Waals surface area contributed by atoms with Gasteiger partial charge in [0.1, 0.15) is 34.5 Å². The SMILES string of the molecule is Nc1nc(/C(=N\OC2CC2F)C(=O)N[C@@H]2C(=O)N3C(C(=O)O)=C(CSc4nncs4)CS[C@H]23)cs1. The molecule has 2 fully saturated rings. The number of nitrogen functional groups attached to an aromatic ring is 1. The molecule has 4 N–H and O–H groups in total. The van der Waals surface area contributed by atoms with Gasteiger partial charge in [0, 0.05) is 23.3 Å². The molecule has 2 aromatic rings. The van der Waals surface area contributed by atoms with Crippen LogP contribution >= 0.6 is 46.2 Å². The Bertz CT molecular complexity index is 1240. The van der Waals surface area contributed by atoms with E-state index in [0.717, 1.165) is 11.3 Å². The molecule has 2 amide bonds. The van der Waals surface area contributed by atoms with Gasteiger partial charge in [-0.1, -0.05) is 28.3 Å². The quantitative estimate of drug-likeness (QED) is 0.173. The average Bonchev–Trinajstić information content (AvgIpc) is 3.20. The van der Waals surface area contributed by atoms with Gasteiger partial charge < -0.3 is 21.0 Å². The number of fused-ring (bicyclic) bond motifs is 1. The van der Waals surface area contributed by atoms with Crippen LogP contribution in [0, 0.1) is 0 Å². The summed E-state index contributed by atoms with van der Waals surface area (Å²) in [4.78, 5) is 48.2. The van der Waals surface area contributed by atoms with Crippen molar-refractivity contribution in [3.8, 4) is 0 Å². The number of thiazole rings is 1. The molecule has 4 heterocycles. The summed E-state index contributed by atoms with van der Waals surface area (Å²) < 4.78 is 13.9. The fraction of sp³-hybridized carbons (Fsp3) is 0.389. The number of carbonyl (C=O) groups is 3. The number of carboxylic acids is 1. The lowest BCUT2D eigenvalue weighted by Crippen LogP contribution is -2.71. The molecule has 1 aliphatic carbocycles. The highest BCUT2D eigenvalue weighted by molar-refractivity contribution is 8.01. The van der Waals surface area contributed by atoms with E-state index in [1.807, 2.05) is 0 Å². The van der Waals surface area contributed by atoms with Crippen LogP contribution in [0.15, 0.2) is 31.7 Å². The lowest BCUT2D eigenvalue weighted by Gasteiger charge is -2.49. The van der Waals surface area contributed by atoms with Crippen molar-refractivity contribution in [2.75, 3.05) is 17.2 Å². The van der Waals surface area contributed by atoms with Gasteiger partial charge in [0.15, 0.2) is 21.3 Å². The van der Waals surface area contributed by atoms with Crippen molar-refractivity contribution in [3.05, 3.63) is 27.9 Å². The summed E-state index contributed by atoms with van der Waals surface area (Å²) in [7, 11) is 0. The van der Waals surface area contributed by atoms with Gasteiger partial charge in [0.2, 0.25) is 0 Å². The largest absolute Gasteiger partial charge is 0.477 e. The molecular formula is C18H16FN7O5S4. The van der Waals surface area contributed by atoms with Crippen LogP contribution in [-0.4, -0.2) is 83.9 Å². The van der Waals surface area contributed by atoms with Gasteiger partial charge in [-0.05, 0) is 5.57 Å². The first kappa shape index (κ1) is 24.0. The van der Waals surface area contributed by atoms with Crippen LogP contribution in [0.25, 0.3) is 0 Å². The number of aliphatic carboxylic acids is 1. The highest BCUT2D eigenvalue weighted by atomic mass is 32.2. The predicted octanol–water partition coefficient (Wildman–Crippen LogP) is 0.939. The molecule has 5 rings (SSSR count). The number of nitrogens with one attached hydrogen (secondary N) is 1. The van der Waals surface area contributed by atoms with Crippen molar-refractivity contribution < 1.29 is 28.7 Å². The number of rotatable bonds is 9. The molecule has 0 bridgehead atoms. The Morgan fingerprint density at radius 3 is 2.86 bits per heavy atom. The minimum Gasteiger partial charge on any atom is -0.477 e. The van der Waals surface area contributed by atoms with Crippen LogP contribution in [0.2, 0.25) is 0 Å². The number of hydrogen-bond donors (Lipinski definition) is 3. The number of carboxylic acid groups (broad SMARTS) is 1. The predicted molar refractivity (Wildman–Crippen MR) is 128 cm³/mol. The second-order valence-electron chi connectivity index (χ2n) is 7.52. The molecule has 1 saturated carbocycles. The van der Waals surface area contributed by atoms with Gasteiger partial charge in [-0.3, -0.25) is 14.5 Å². The van der Waals surface area contributed by atoms with E-state index in [-0.39, 0.29) is 28.7 Å². The first-order valence-corrected chi connectivity index (χ1v) is 13.8. The van der Waals surface area contributed by atoms with Gasteiger partial charge in [-0.2, -0.15) is 0 Å². The fourth-order valence-electron chi connectivity index (χ4n) is 3.35. The number of amides is 2. The number of thioether (sulfide) groups is 2. The van der Waals surface area contributed by atoms with Crippen LogP contribution in [0.4, 0.5) is 9.52 Å². The maximum atomic E-state index is 13.2. The second-order valence-corrected chi connectivity index (χ2v) is 11.6. The van der Waals surface area contributed by atoms with Crippen LogP contribution in [0.1, 0.15) is 12.1 Å². The molecule has 12 nitrogen and oxygen atoms in total. The number of carbonyl (C=O) groups excluding carboxylic acids is 2. The normalized spacial score (nSPS) is 25.7. The Kier molecular flexibility index (Phi) is 6.65. The zero-order valence-electron chi connectivity index (χ0n) is 17.5. The number of anilines is 1. The maximum absolute atomic E-state index is 13.2. The van der Waals surface area contributed by atoms with Gasteiger partial charge in [0.05, 0.1) is 0 Å². The number of hydrogen-bond acceptors (Lipinski definition) is 13. The number of alkyl halides is 1. The molecule has 1 saturated heterocycles. The Balaban J connectivity index is 1.30. The number of halogens is 1. The van der Waals surface area contributed by atoms with Gasteiger partial charge in [0.25, 0.3) is 11.8 Å². The molecule has 3 aliphatic rings. The monoisotopic (exact) mass is 557 g/mol. The van der Waals surface area contributed by atoms with Gasteiger partial charge >= 0.3 is 5.97 Å². The lowest BCUT2D eigenvalue weighted by molar-refractivity contribution is -0.150. The standard InChI is InChI=1S/C18H16FN7O5S4/c19-7-1-9(7)31-25-10(8-4-33-17(20)22-8)13(27)23-11-14(28)26-12(16(29)30)6(2-32-15(11)26)3-34-18-24-21-5-35-18/h4-5,7,9,11,15H,1-3H2,(H2,20,22)(H,23,27)(H,29,30)/b25-10+/t7?,9?,11-,15-/m1/s1. The average molecular weight is 558 g/mol. The van der Waals surface area contributed by atoms with Crippen molar-refractivity contribution in [2.45, 2.75) is 34.5 Å². The summed E-state index contributed by atoms with van der Waals surface area (Å²) in [6.45, 7) is 0. The smallest absolute Gasteiger partial charge is 0.352 e. The lowest BCUT2D eigenvalue weighted by atomic mass is 10.0. The third-order valence-corrected chi connectivity index (χ3v) is 9.12. The van der Waals surface area contributed by atoms with Crippen molar-refractivity contribution in [3.63, 3.8) is 0 Å². The minimum absolute atomic E-state index is 0.0894. The number of aromatic nitrogens is 3. The molecule has 2 unspecified atom stereocenters. The van der Waals surface area contributed by atoms with Crippen molar-refractivity contribution in [1.29, 1.82) is 0 Å². The minimum atomic E-state index is -1.22. The van der Waals surface area contributed by atoms with E-state index in [9.17, 15) is 23.9 Å². The summed E-state index contributed by atoms with van der Waals surface area (Å²) in [6, 6.07) is -0.977. The second kappa shape index (κ2) is 9.71. The molecule has 0 radical (unpaired) electrons. The highest BCUT2D eigenvalue weighted by Crippen LogP contribution is 2.41. The number of nitrogens with zero attached hydrogens (tertiary/aromatic N) is 5.